The van der Waals surface area contributed by atoms with Crippen LogP contribution in [0.2, 0.25) is 0 Å². The van der Waals surface area contributed by atoms with Gasteiger partial charge in [0.2, 0.25) is 0 Å². The van der Waals surface area contributed by atoms with E-state index in [0.29, 0.717) is 23.5 Å². The molecule has 7 heteroatoms. The van der Waals surface area contributed by atoms with Crippen molar-refractivity contribution in [2.45, 2.75) is 45.4 Å². The zero-order valence-corrected chi connectivity index (χ0v) is 17.1. The minimum absolute atomic E-state index is 0.206. The fraction of sp³-hybridized carbons (Fsp3) is 0.500. The van der Waals surface area contributed by atoms with Gasteiger partial charge in [0, 0.05) is 0 Å². The first-order valence-corrected chi connectivity index (χ1v) is 10.6. The monoisotopic (exact) mass is 395 g/mol. The number of fused-ring (bicyclic) bond motifs is 1. The van der Waals surface area contributed by atoms with E-state index in [1.807, 2.05) is 30.3 Å². The predicted molar refractivity (Wildman–Crippen MR) is 113 cm³/mol. The topological polar surface area (TPSA) is 65.2 Å². The summed E-state index contributed by atoms with van der Waals surface area (Å²) < 4.78 is 3.00. The van der Waals surface area contributed by atoms with Gasteiger partial charge in [0.15, 0.2) is 5.65 Å². The Morgan fingerprint density at radius 2 is 1.83 bits per heavy atom. The highest BCUT2D eigenvalue weighted by Gasteiger charge is 2.15. The lowest BCUT2D eigenvalue weighted by Crippen LogP contribution is -2.31. The number of unbranched alkanes of at least 4 members (excludes halogenated alkanes) is 2. The Morgan fingerprint density at radius 3 is 2.62 bits per heavy atom. The van der Waals surface area contributed by atoms with Crippen molar-refractivity contribution >= 4 is 11.0 Å². The van der Waals surface area contributed by atoms with Crippen molar-refractivity contribution < 1.29 is 4.84 Å². The maximum atomic E-state index is 12.9. The van der Waals surface area contributed by atoms with E-state index in [1.54, 1.807) is 17.8 Å². The molecule has 0 radical (unpaired) electrons. The van der Waals surface area contributed by atoms with Crippen molar-refractivity contribution in [2.75, 3.05) is 26.2 Å². The van der Waals surface area contributed by atoms with Crippen LogP contribution in [-0.2, 0) is 0 Å². The normalized spacial score (nSPS) is 15.1. The summed E-state index contributed by atoms with van der Waals surface area (Å²) in [6.45, 7) is 5.96. The molecule has 3 heterocycles. The van der Waals surface area contributed by atoms with Crippen LogP contribution >= 0.6 is 0 Å². The molecular weight excluding hydrogens is 366 g/mol. The van der Waals surface area contributed by atoms with Crippen molar-refractivity contribution in [1.82, 2.24) is 24.4 Å². The van der Waals surface area contributed by atoms with Crippen LogP contribution in [0.4, 0.5) is 0 Å². The molecule has 3 aromatic rings. The second-order valence-electron chi connectivity index (χ2n) is 7.68. The van der Waals surface area contributed by atoms with Gasteiger partial charge in [-0.2, -0.15) is 5.10 Å². The van der Waals surface area contributed by atoms with Crippen LogP contribution in [0.25, 0.3) is 16.7 Å². The maximum absolute atomic E-state index is 12.9. The van der Waals surface area contributed by atoms with Crippen molar-refractivity contribution in [2.24, 2.45) is 0 Å². The summed E-state index contributed by atoms with van der Waals surface area (Å²) in [7, 11) is 0. The summed E-state index contributed by atoms with van der Waals surface area (Å²) in [5, 5.41) is 4.82. The van der Waals surface area contributed by atoms with Gasteiger partial charge in [0.25, 0.3) is 5.56 Å². The Labute approximate surface area is 170 Å². The summed E-state index contributed by atoms with van der Waals surface area (Å²) in [5.41, 5.74) is 1.23. The number of para-hydroxylation sites is 1. The average molecular weight is 396 g/mol. The van der Waals surface area contributed by atoms with Gasteiger partial charge in [-0.1, -0.05) is 24.6 Å². The fourth-order valence-electron chi connectivity index (χ4n) is 3.92. The number of benzene rings is 1. The number of aromatic nitrogens is 4. The summed E-state index contributed by atoms with van der Waals surface area (Å²) in [6.07, 6.45) is 8.82. The molecule has 1 fully saturated rings. The molecule has 1 aliphatic rings. The van der Waals surface area contributed by atoms with Gasteiger partial charge in [-0.25, -0.2) is 9.67 Å². The minimum atomic E-state index is -0.206. The second-order valence-corrected chi connectivity index (χ2v) is 7.68. The molecule has 1 aromatic carbocycles. The van der Waals surface area contributed by atoms with E-state index in [4.69, 9.17) is 4.84 Å². The SMILES string of the molecule is Cc1nc2c(cnn2-c2ccccc2)c(=O)n1OCCCCCN1CCCCC1. The van der Waals surface area contributed by atoms with Crippen LogP contribution in [0.15, 0.2) is 41.3 Å². The van der Waals surface area contributed by atoms with E-state index in [2.05, 4.69) is 15.0 Å². The quantitative estimate of drug-likeness (QED) is 0.549. The molecule has 0 atom stereocenters. The molecule has 0 amide bonds. The summed E-state index contributed by atoms with van der Waals surface area (Å²) in [4.78, 5) is 25.8. The molecule has 0 aliphatic carbocycles. The number of rotatable bonds is 8. The molecule has 4 rings (SSSR count). The smallest absolute Gasteiger partial charge is 0.297 e. The lowest BCUT2D eigenvalue weighted by molar-refractivity contribution is 0.0914. The molecule has 0 bridgehead atoms. The Morgan fingerprint density at radius 1 is 1.03 bits per heavy atom. The van der Waals surface area contributed by atoms with Gasteiger partial charge in [-0.05, 0) is 70.8 Å². The Bertz CT molecular complexity index is 990. The molecule has 29 heavy (non-hydrogen) atoms. The standard InChI is InChI=1S/C22H29N5O2/c1-18-24-21-20(17-23-26(21)19-11-5-2-6-12-19)22(28)27(18)29-16-10-4-9-15-25-13-7-3-8-14-25/h2,5-6,11-12,17H,3-4,7-10,13-16H2,1H3. The number of aryl methyl sites for hydroxylation is 1. The molecule has 0 spiro atoms. The summed E-state index contributed by atoms with van der Waals surface area (Å²) in [5.74, 6) is 0.536. The highest BCUT2D eigenvalue weighted by Crippen LogP contribution is 2.14. The van der Waals surface area contributed by atoms with E-state index < -0.39 is 0 Å². The van der Waals surface area contributed by atoms with E-state index in [0.717, 1.165) is 18.5 Å². The number of likely N-dealkylation sites (tertiary alicyclic amines) is 1. The van der Waals surface area contributed by atoms with Crippen LogP contribution in [-0.4, -0.2) is 50.6 Å². The van der Waals surface area contributed by atoms with Gasteiger partial charge in [-0.15, -0.1) is 4.73 Å². The zero-order valence-electron chi connectivity index (χ0n) is 17.1. The predicted octanol–water partition coefficient (Wildman–Crippen LogP) is 2.98. The average Bonchev–Trinajstić information content (AvgIpc) is 3.18. The fourth-order valence-corrected chi connectivity index (χ4v) is 3.92. The molecule has 0 N–H and O–H groups in total. The first-order chi connectivity index (χ1) is 14.2. The van der Waals surface area contributed by atoms with Gasteiger partial charge in [0.05, 0.1) is 11.9 Å². The van der Waals surface area contributed by atoms with Crippen LogP contribution < -0.4 is 10.4 Å². The van der Waals surface area contributed by atoms with E-state index in [9.17, 15) is 4.79 Å². The highest BCUT2D eigenvalue weighted by molar-refractivity contribution is 5.75. The van der Waals surface area contributed by atoms with Crippen molar-refractivity contribution in [3.8, 4) is 5.69 Å². The largest absolute Gasteiger partial charge is 0.409 e. The van der Waals surface area contributed by atoms with Gasteiger partial charge >= 0.3 is 0 Å². The van der Waals surface area contributed by atoms with Crippen LogP contribution in [0.3, 0.4) is 0 Å². The number of nitrogens with zero attached hydrogens (tertiary/aromatic N) is 5. The first-order valence-electron chi connectivity index (χ1n) is 10.6. The lowest BCUT2D eigenvalue weighted by Gasteiger charge is -2.26. The third-order valence-electron chi connectivity index (χ3n) is 5.51. The molecule has 0 unspecified atom stereocenters. The zero-order chi connectivity index (χ0) is 20.1. The molecular formula is C22H29N5O2. The van der Waals surface area contributed by atoms with Crippen LogP contribution in [0.1, 0.15) is 44.3 Å². The number of piperidine rings is 1. The Kier molecular flexibility index (Phi) is 6.24. The van der Waals surface area contributed by atoms with Crippen molar-refractivity contribution in [3.63, 3.8) is 0 Å². The maximum Gasteiger partial charge on any atom is 0.297 e. The molecule has 154 valence electrons. The Balaban J connectivity index is 1.36. The highest BCUT2D eigenvalue weighted by atomic mass is 16.7. The van der Waals surface area contributed by atoms with Crippen molar-refractivity contribution in [1.29, 1.82) is 0 Å². The lowest BCUT2D eigenvalue weighted by atomic mass is 10.1. The van der Waals surface area contributed by atoms with Gasteiger partial charge < -0.3 is 9.74 Å². The van der Waals surface area contributed by atoms with Crippen molar-refractivity contribution in [3.05, 3.63) is 52.7 Å². The summed E-state index contributed by atoms with van der Waals surface area (Å²) >= 11 is 0. The number of hydrogen-bond acceptors (Lipinski definition) is 5. The second kappa shape index (κ2) is 9.22. The van der Waals surface area contributed by atoms with Crippen LogP contribution in [0, 0.1) is 6.92 Å². The van der Waals surface area contributed by atoms with E-state index >= 15 is 0 Å². The van der Waals surface area contributed by atoms with Gasteiger partial charge in [0.1, 0.15) is 17.8 Å². The summed E-state index contributed by atoms with van der Waals surface area (Å²) in [6, 6.07) is 9.70. The minimum Gasteiger partial charge on any atom is -0.409 e. The first kappa shape index (κ1) is 19.6. The molecule has 2 aromatic heterocycles. The molecule has 7 nitrogen and oxygen atoms in total. The van der Waals surface area contributed by atoms with Crippen LogP contribution in [0.5, 0.6) is 0 Å². The van der Waals surface area contributed by atoms with Gasteiger partial charge in [-0.3, -0.25) is 4.79 Å². The molecule has 0 saturated carbocycles. The third kappa shape index (κ3) is 4.50. The molecule has 1 aliphatic heterocycles. The molecule has 1 saturated heterocycles. The number of hydrogen-bond donors (Lipinski definition) is 0. The third-order valence-corrected chi connectivity index (χ3v) is 5.51. The van der Waals surface area contributed by atoms with E-state index in [1.165, 1.54) is 50.0 Å². The van der Waals surface area contributed by atoms with E-state index in [-0.39, 0.29) is 5.56 Å². The Hall–Kier alpha value is -2.67.